The smallest absolute Gasteiger partial charge is 0.344 e. The highest BCUT2D eigenvalue weighted by Crippen LogP contribution is 2.25. The van der Waals surface area contributed by atoms with E-state index in [1.54, 1.807) is 0 Å². The molecule has 152 valence electrons. The minimum Gasteiger partial charge on any atom is -0.482 e. The van der Waals surface area contributed by atoms with Gasteiger partial charge in [-0.25, -0.2) is 9.59 Å². The number of benzene rings is 2. The highest BCUT2D eigenvalue weighted by atomic mass is 16.6. The molecule has 2 aromatic rings. The first-order chi connectivity index (χ1) is 14.0. The summed E-state index contributed by atoms with van der Waals surface area (Å²) in [5.74, 6) is -0.792. The number of rotatable bonds is 7. The van der Waals surface area contributed by atoms with E-state index in [4.69, 9.17) is 9.47 Å². The van der Waals surface area contributed by atoms with Gasteiger partial charge in [-0.2, -0.15) is 0 Å². The van der Waals surface area contributed by atoms with Crippen LogP contribution in [0, 0.1) is 0 Å². The van der Waals surface area contributed by atoms with Crippen LogP contribution < -0.4 is 15.4 Å². The van der Waals surface area contributed by atoms with Gasteiger partial charge in [-0.1, -0.05) is 36.4 Å². The molecule has 0 bridgehead atoms. The zero-order chi connectivity index (χ0) is 20.6. The zero-order valence-electron chi connectivity index (χ0n) is 16.3. The van der Waals surface area contributed by atoms with Gasteiger partial charge in [0.05, 0.1) is 0 Å². The Balaban J connectivity index is 1.38. The van der Waals surface area contributed by atoms with E-state index < -0.39 is 24.0 Å². The maximum atomic E-state index is 12.0. The summed E-state index contributed by atoms with van der Waals surface area (Å²) < 4.78 is 10.5. The Bertz CT molecular complexity index is 882. The molecule has 7 nitrogen and oxygen atoms in total. The predicted octanol–water partition coefficient (Wildman–Crippen LogP) is 2.51. The van der Waals surface area contributed by atoms with Gasteiger partial charge in [0.2, 0.25) is 0 Å². The minimum atomic E-state index is -1.12. The number of urea groups is 1. The number of esters is 1. The normalized spacial score (nSPS) is 13.1. The van der Waals surface area contributed by atoms with Gasteiger partial charge in [-0.3, -0.25) is 10.1 Å². The average molecular weight is 396 g/mol. The van der Waals surface area contributed by atoms with Crippen molar-refractivity contribution in [3.05, 3.63) is 65.2 Å². The molecule has 0 fully saturated rings. The van der Waals surface area contributed by atoms with Gasteiger partial charge in [-0.05, 0) is 55.0 Å². The van der Waals surface area contributed by atoms with E-state index >= 15 is 0 Å². The molecule has 0 aliphatic heterocycles. The number of carbonyl (C=O) groups excluding carboxylic acids is 3. The minimum absolute atomic E-state index is 0.280. The van der Waals surface area contributed by atoms with E-state index in [0.29, 0.717) is 5.75 Å². The van der Waals surface area contributed by atoms with E-state index in [2.05, 4.69) is 10.6 Å². The second-order valence-electron chi connectivity index (χ2n) is 6.86. The lowest BCUT2D eigenvalue weighted by molar-refractivity contribution is -0.156. The summed E-state index contributed by atoms with van der Waals surface area (Å²) in [6, 6.07) is 14.4. The lowest BCUT2D eigenvalue weighted by Crippen LogP contribution is -2.44. The second-order valence-corrected chi connectivity index (χ2v) is 6.86. The number of amides is 3. The van der Waals surface area contributed by atoms with Crippen LogP contribution in [0.5, 0.6) is 5.75 Å². The molecular formula is C22H24N2O5. The Kier molecular flexibility index (Phi) is 6.84. The van der Waals surface area contributed by atoms with Crippen molar-refractivity contribution in [1.82, 2.24) is 10.6 Å². The third-order valence-electron chi connectivity index (χ3n) is 4.64. The number of aryl methyl sites for hydroxylation is 2. The number of nitrogens with one attached hydrogen (secondary N) is 2. The quantitative estimate of drug-likeness (QED) is 0.702. The summed E-state index contributed by atoms with van der Waals surface area (Å²) in [7, 11) is 0. The van der Waals surface area contributed by atoms with Crippen molar-refractivity contribution in [3.8, 4) is 5.75 Å². The van der Waals surface area contributed by atoms with E-state index in [-0.39, 0.29) is 13.2 Å². The molecule has 2 N–H and O–H groups in total. The fourth-order valence-corrected chi connectivity index (χ4v) is 3.10. The standard InChI is InChI=1S/C22H24N2O5/c1-15(21(26)24-22(27)23-13-16-6-3-2-4-7-16)29-20(25)14-28-19-11-10-17-8-5-9-18(17)12-19/h2-4,6-7,10-12,15H,5,8-9,13-14H2,1H3,(H2,23,24,26,27)/t15-/m1/s1. The van der Waals surface area contributed by atoms with Crippen LogP contribution in [-0.4, -0.2) is 30.6 Å². The molecule has 0 aromatic heterocycles. The molecule has 0 saturated heterocycles. The molecular weight excluding hydrogens is 372 g/mol. The maximum Gasteiger partial charge on any atom is 0.344 e. The van der Waals surface area contributed by atoms with E-state index in [1.165, 1.54) is 18.1 Å². The zero-order valence-corrected chi connectivity index (χ0v) is 16.3. The molecule has 0 radical (unpaired) electrons. The summed E-state index contributed by atoms with van der Waals surface area (Å²) in [4.78, 5) is 35.8. The highest BCUT2D eigenvalue weighted by molar-refractivity contribution is 5.97. The summed E-state index contributed by atoms with van der Waals surface area (Å²) in [6.07, 6.45) is 2.10. The second kappa shape index (κ2) is 9.73. The van der Waals surface area contributed by atoms with Gasteiger partial charge in [-0.15, -0.1) is 0 Å². The van der Waals surface area contributed by atoms with Crippen LogP contribution in [-0.2, 0) is 33.7 Å². The van der Waals surface area contributed by atoms with Crippen molar-refractivity contribution in [3.63, 3.8) is 0 Å². The van der Waals surface area contributed by atoms with Crippen LogP contribution in [0.2, 0.25) is 0 Å². The Morgan fingerprint density at radius 3 is 2.59 bits per heavy atom. The van der Waals surface area contributed by atoms with Crippen LogP contribution in [0.25, 0.3) is 0 Å². The molecule has 3 amide bonds. The van der Waals surface area contributed by atoms with Crippen LogP contribution in [0.15, 0.2) is 48.5 Å². The third kappa shape index (κ3) is 6.07. The van der Waals surface area contributed by atoms with Gasteiger partial charge in [0.15, 0.2) is 12.7 Å². The number of ether oxygens (including phenoxy) is 2. The van der Waals surface area contributed by atoms with Crippen molar-refractivity contribution in [2.24, 2.45) is 0 Å². The van der Waals surface area contributed by atoms with Gasteiger partial charge < -0.3 is 14.8 Å². The third-order valence-corrected chi connectivity index (χ3v) is 4.64. The molecule has 0 unspecified atom stereocenters. The molecule has 0 heterocycles. The van der Waals surface area contributed by atoms with Crippen LogP contribution in [0.1, 0.15) is 30.0 Å². The average Bonchev–Trinajstić information content (AvgIpc) is 3.19. The van der Waals surface area contributed by atoms with Crippen molar-refractivity contribution in [2.75, 3.05) is 6.61 Å². The first-order valence-electron chi connectivity index (χ1n) is 9.58. The Morgan fingerprint density at radius 2 is 1.79 bits per heavy atom. The topological polar surface area (TPSA) is 93.7 Å². The van der Waals surface area contributed by atoms with Crippen molar-refractivity contribution >= 4 is 17.9 Å². The van der Waals surface area contributed by atoms with Crippen LogP contribution >= 0.6 is 0 Å². The van der Waals surface area contributed by atoms with Gasteiger partial charge in [0.1, 0.15) is 5.75 Å². The monoisotopic (exact) mass is 396 g/mol. The van der Waals surface area contributed by atoms with Gasteiger partial charge >= 0.3 is 12.0 Å². The molecule has 1 atom stereocenters. The Hall–Kier alpha value is -3.35. The van der Waals surface area contributed by atoms with Gasteiger partial charge in [0.25, 0.3) is 5.91 Å². The lowest BCUT2D eigenvalue weighted by Gasteiger charge is -2.14. The number of fused-ring (bicyclic) bond motifs is 1. The predicted molar refractivity (Wildman–Crippen MR) is 106 cm³/mol. The van der Waals surface area contributed by atoms with Crippen LogP contribution in [0.4, 0.5) is 4.79 Å². The Morgan fingerprint density at radius 1 is 1.03 bits per heavy atom. The number of hydrogen-bond acceptors (Lipinski definition) is 5. The van der Waals surface area contributed by atoms with Crippen molar-refractivity contribution in [1.29, 1.82) is 0 Å². The van der Waals surface area contributed by atoms with Crippen LogP contribution in [0.3, 0.4) is 0 Å². The molecule has 29 heavy (non-hydrogen) atoms. The summed E-state index contributed by atoms with van der Waals surface area (Å²) in [5.41, 5.74) is 3.46. The van der Waals surface area contributed by atoms with E-state index in [1.807, 2.05) is 48.5 Å². The fourth-order valence-electron chi connectivity index (χ4n) is 3.10. The molecule has 3 rings (SSSR count). The largest absolute Gasteiger partial charge is 0.482 e. The van der Waals surface area contributed by atoms with E-state index in [9.17, 15) is 14.4 Å². The maximum absolute atomic E-state index is 12.0. The molecule has 0 saturated carbocycles. The van der Waals surface area contributed by atoms with Crippen molar-refractivity contribution < 1.29 is 23.9 Å². The number of imide groups is 1. The molecule has 1 aliphatic rings. The summed E-state index contributed by atoms with van der Waals surface area (Å²) in [5, 5.41) is 4.72. The molecule has 2 aromatic carbocycles. The summed E-state index contributed by atoms with van der Waals surface area (Å²) >= 11 is 0. The van der Waals surface area contributed by atoms with Gasteiger partial charge in [0, 0.05) is 6.54 Å². The molecule has 0 spiro atoms. The highest BCUT2D eigenvalue weighted by Gasteiger charge is 2.20. The first kappa shape index (κ1) is 20.4. The Labute approximate surface area is 169 Å². The molecule has 7 heteroatoms. The number of carbonyl (C=O) groups is 3. The van der Waals surface area contributed by atoms with Crippen molar-refractivity contribution in [2.45, 2.75) is 38.8 Å². The molecule has 1 aliphatic carbocycles. The summed E-state index contributed by atoms with van der Waals surface area (Å²) in [6.45, 7) is 1.37. The lowest BCUT2D eigenvalue weighted by atomic mass is 10.1. The first-order valence-corrected chi connectivity index (χ1v) is 9.58. The van der Waals surface area contributed by atoms with E-state index in [0.717, 1.165) is 24.8 Å². The fraction of sp³-hybridized carbons (Fsp3) is 0.318. The number of hydrogen-bond donors (Lipinski definition) is 2. The SMILES string of the molecule is C[C@@H](OC(=O)COc1ccc2c(c1)CCC2)C(=O)NC(=O)NCc1ccccc1.